The van der Waals surface area contributed by atoms with Crippen molar-refractivity contribution in [3.8, 4) is 0 Å². The second kappa shape index (κ2) is 6.20. The number of para-hydroxylation sites is 1. The molecule has 0 saturated carbocycles. The maximum absolute atomic E-state index is 5.24. The largest absolute Gasteiger partial charge is 0.465 e. The van der Waals surface area contributed by atoms with Gasteiger partial charge in [0.2, 0.25) is 0 Å². The molecular formula is C18H16N6O. The Morgan fingerprint density at radius 2 is 2.08 bits per heavy atom. The number of nitrogens with zero attached hydrogens (tertiary/aromatic N) is 5. The van der Waals surface area contributed by atoms with Gasteiger partial charge in [0.25, 0.3) is 5.95 Å². The van der Waals surface area contributed by atoms with E-state index in [1.165, 1.54) is 0 Å². The van der Waals surface area contributed by atoms with Gasteiger partial charge in [0.05, 0.1) is 17.5 Å². The first-order valence-corrected chi connectivity index (χ1v) is 7.82. The summed E-state index contributed by atoms with van der Waals surface area (Å²) in [6.07, 6.45) is 5.31. The van der Waals surface area contributed by atoms with Gasteiger partial charge in [0.1, 0.15) is 11.3 Å². The van der Waals surface area contributed by atoms with Crippen LogP contribution in [0.2, 0.25) is 0 Å². The van der Waals surface area contributed by atoms with E-state index in [4.69, 9.17) is 4.42 Å². The minimum atomic E-state index is 0.351. The highest BCUT2D eigenvalue weighted by Crippen LogP contribution is 2.24. The Morgan fingerprint density at radius 3 is 2.92 bits per heavy atom. The van der Waals surface area contributed by atoms with E-state index in [2.05, 4.69) is 25.7 Å². The van der Waals surface area contributed by atoms with Crippen LogP contribution in [-0.2, 0) is 7.05 Å². The second-order valence-electron chi connectivity index (χ2n) is 5.60. The van der Waals surface area contributed by atoms with Gasteiger partial charge in [0, 0.05) is 12.4 Å². The molecule has 25 heavy (non-hydrogen) atoms. The number of fused-ring (bicyclic) bond motifs is 3. The topological polar surface area (TPSA) is 81.1 Å². The fourth-order valence-electron chi connectivity index (χ4n) is 2.62. The first kappa shape index (κ1) is 15.1. The molecule has 0 atom stereocenters. The number of aromatic nitrogens is 4. The monoisotopic (exact) mass is 332 g/mol. The molecule has 0 radical (unpaired) electrons. The van der Waals surface area contributed by atoms with Crippen LogP contribution in [0.25, 0.3) is 28.1 Å². The number of furan rings is 1. The molecule has 0 unspecified atom stereocenters. The zero-order chi connectivity index (χ0) is 17.2. The summed E-state index contributed by atoms with van der Waals surface area (Å²) in [5.74, 6) is 1.12. The lowest BCUT2D eigenvalue weighted by Crippen LogP contribution is -2.02. The quantitative estimate of drug-likeness (QED) is 0.456. The summed E-state index contributed by atoms with van der Waals surface area (Å²) in [4.78, 5) is 4.52. The molecule has 4 rings (SSSR count). The van der Waals surface area contributed by atoms with Gasteiger partial charge in [-0.3, -0.25) is 0 Å². The summed E-state index contributed by atoms with van der Waals surface area (Å²) >= 11 is 0. The molecule has 1 aromatic carbocycles. The highest BCUT2D eigenvalue weighted by molar-refractivity contribution is 6.04. The molecule has 0 amide bonds. The molecule has 0 spiro atoms. The summed E-state index contributed by atoms with van der Waals surface area (Å²) in [5, 5.41) is 13.7. The number of hydrazone groups is 1. The molecule has 0 aliphatic heterocycles. The minimum Gasteiger partial charge on any atom is -0.465 e. The van der Waals surface area contributed by atoms with Gasteiger partial charge in [-0.2, -0.15) is 10.1 Å². The Labute approximate surface area is 143 Å². The summed E-state index contributed by atoms with van der Waals surface area (Å²) in [6.45, 7) is 1.87. The van der Waals surface area contributed by atoms with Crippen LogP contribution in [0.4, 0.5) is 5.95 Å². The Morgan fingerprint density at radius 1 is 1.20 bits per heavy atom. The van der Waals surface area contributed by atoms with Crippen molar-refractivity contribution < 1.29 is 4.42 Å². The molecule has 7 nitrogen and oxygen atoms in total. The van der Waals surface area contributed by atoms with E-state index in [0.29, 0.717) is 5.95 Å². The predicted octanol–water partition coefficient (Wildman–Crippen LogP) is 3.61. The molecule has 0 saturated heterocycles. The van der Waals surface area contributed by atoms with Gasteiger partial charge < -0.3 is 8.98 Å². The van der Waals surface area contributed by atoms with E-state index in [1.807, 2.05) is 67.1 Å². The number of rotatable bonds is 4. The number of allylic oxidation sites excluding steroid dienone is 1. The van der Waals surface area contributed by atoms with Crippen LogP contribution in [-0.4, -0.2) is 25.5 Å². The Hall–Kier alpha value is -3.48. The smallest absolute Gasteiger partial charge is 0.265 e. The van der Waals surface area contributed by atoms with Gasteiger partial charge >= 0.3 is 0 Å². The lowest BCUT2D eigenvalue weighted by Gasteiger charge is -2.00. The molecular weight excluding hydrogens is 316 g/mol. The molecule has 0 bridgehead atoms. The standard InChI is InChI=1S/C18H16N6O/c1-12(9-10-13-6-5-11-25-13)20-22-18-19-17-16(21-23-18)14-7-3-4-8-15(14)24(17)2/h3-11H,1-2H3,(H,19,22,23)/b10-9+,20-12?. The molecule has 3 heterocycles. The highest BCUT2D eigenvalue weighted by atomic mass is 16.3. The number of benzene rings is 1. The van der Waals surface area contributed by atoms with E-state index in [-0.39, 0.29) is 0 Å². The van der Waals surface area contributed by atoms with Crippen LogP contribution < -0.4 is 5.43 Å². The van der Waals surface area contributed by atoms with Gasteiger partial charge in [-0.1, -0.05) is 18.2 Å². The van der Waals surface area contributed by atoms with Crippen LogP contribution >= 0.6 is 0 Å². The van der Waals surface area contributed by atoms with Gasteiger partial charge in [-0.25, -0.2) is 5.43 Å². The maximum atomic E-state index is 5.24. The Kier molecular flexibility index (Phi) is 3.74. The average Bonchev–Trinajstić information content (AvgIpc) is 3.26. The van der Waals surface area contributed by atoms with Crippen molar-refractivity contribution >= 4 is 39.8 Å². The number of aryl methyl sites for hydroxylation is 1. The lowest BCUT2D eigenvalue weighted by molar-refractivity contribution is 0.557. The van der Waals surface area contributed by atoms with Gasteiger partial charge in [-0.05, 0) is 37.3 Å². The van der Waals surface area contributed by atoms with Crippen LogP contribution in [0.5, 0.6) is 0 Å². The van der Waals surface area contributed by atoms with Crippen molar-refractivity contribution in [1.82, 2.24) is 19.7 Å². The van der Waals surface area contributed by atoms with Crippen LogP contribution in [0.15, 0.2) is 58.3 Å². The Balaban J connectivity index is 1.60. The normalized spacial score (nSPS) is 12.5. The molecule has 0 aliphatic rings. The number of hydrogen-bond acceptors (Lipinski definition) is 6. The third-order valence-corrected chi connectivity index (χ3v) is 3.87. The highest BCUT2D eigenvalue weighted by Gasteiger charge is 2.11. The molecule has 0 fully saturated rings. The van der Waals surface area contributed by atoms with Crippen LogP contribution in [0, 0.1) is 0 Å². The van der Waals surface area contributed by atoms with E-state index in [9.17, 15) is 0 Å². The van der Waals surface area contributed by atoms with Crippen LogP contribution in [0.1, 0.15) is 12.7 Å². The van der Waals surface area contributed by atoms with E-state index in [0.717, 1.165) is 33.5 Å². The second-order valence-corrected chi connectivity index (χ2v) is 5.60. The van der Waals surface area contributed by atoms with E-state index < -0.39 is 0 Å². The predicted molar refractivity (Wildman–Crippen MR) is 98.3 cm³/mol. The summed E-state index contributed by atoms with van der Waals surface area (Å²) < 4.78 is 7.24. The van der Waals surface area contributed by atoms with E-state index in [1.54, 1.807) is 6.26 Å². The maximum Gasteiger partial charge on any atom is 0.265 e. The molecule has 1 N–H and O–H groups in total. The van der Waals surface area contributed by atoms with Crippen molar-refractivity contribution in [2.24, 2.45) is 12.1 Å². The summed E-state index contributed by atoms with van der Waals surface area (Å²) in [6, 6.07) is 11.7. The minimum absolute atomic E-state index is 0.351. The average molecular weight is 332 g/mol. The number of anilines is 1. The molecule has 3 aromatic heterocycles. The molecule has 124 valence electrons. The Bertz CT molecular complexity index is 1090. The fourth-order valence-corrected chi connectivity index (χ4v) is 2.62. The van der Waals surface area contributed by atoms with Crippen molar-refractivity contribution in [3.05, 3.63) is 54.5 Å². The number of hydrogen-bond donors (Lipinski definition) is 1. The van der Waals surface area contributed by atoms with Crippen molar-refractivity contribution in [3.63, 3.8) is 0 Å². The van der Waals surface area contributed by atoms with E-state index >= 15 is 0 Å². The zero-order valence-electron chi connectivity index (χ0n) is 13.8. The molecule has 4 aromatic rings. The molecule has 0 aliphatic carbocycles. The zero-order valence-corrected chi connectivity index (χ0v) is 13.8. The lowest BCUT2D eigenvalue weighted by atomic mass is 10.2. The number of nitrogens with one attached hydrogen (secondary N) is 1. The van der Waals surface area contributed by atoms with Crippen LogP contribution in [0.3, 0.4) is 0 Å². The molecule has 7 heteroatoms. The third kappa shape index (κ3) is 2.87. The van der Waals surface area contributed by atoms with Gasteiger partial charge in [-0.15, -0.1) is 10.2 Å². The van der Waals surface area contributed by atoms with Crippen molar-refractivity contribution in [2.45, 2.75) is 6.92 Å². The first-order chi connectivity index (χ1) is 12.2. The summed E-state index contributed by atoms with van der Waals surface area (Å²) in [7, 11) is 1.96. The third-order valence-electron chi connectivity index (χ3n) is 3.87. The fraction of sp³-hybridized carbons (Fsp3) is 0.111. The van der Waals surface area contributed by atoms with Crippen molar-refractivity contribution in [2.75, 3.05) is 5.43 Å². The van der Waals surface area contributed by atoms with Crippen molar-refractivity contribution in [1.29, 1.82) is 0 Å². The SMILES string of the molecule is CC(/C=C/c1ccco1)=NNc1nnc2c3ccccc3n(C)c2n1. The summed E-state index contributed by atoms with van der Waals surface area (Å²) in [5.41, 5.74) is 6.22. The van der Waals surface area contributed by atoms with Gasteiger partial charge in [0.15, 0.2) is 5.65 Å². The first-order valence-electron chi connectivity index (χ1n) is 7.82.